The van der Waals surface area contributed by atoms with Crippen LogP contribution in [0.15, 0.2) is 72.8 Å². The van der Waals surface area contributed by atoms with Crippen LogP contribution in [0.3, 0.4) is 0 Å². The topological polar surface area (TPSA) is 38.3 Å². The molecule has 138 valence electrons. The number of ether oxygens (including phenoxy) is 1. The zero-order valence-electron chi connectivity index (χ0n) is 14.4. The number of alkyl halides is 3. The summed E-state index contributed by atoms with van der Waals surface area (Å²) >= 11 is 0. The number of hydrogen-bond donors (Lipinski definition) is 1. The molecule has 0 fully saturated rings. The fraction of sp³-hybridized carbons (Fsp3) is 0.0952. The third-order valence-corrected chi connectivity index (χ3v) is 3.79. The number of amides is 1. The number of anilines is 1. The summed E-state index contributed by atoms with van der Waals surface area (Å²) in [6, 6.07) is 18.4. The lowest BCUT2D eigenvalue weighted by atomic mass is 10.1. The number of benzene rings is 3. The first kappa shape index (κ1) is 18.5. The Balaban J connectivity index is 1.68. The van der Waals surface area contributed by atoms with Crippen LogP contribution in [0.25, 0.3) is 0 Å². The molecular formula is C21H16F3NO2. The van der Waals surface area contributed by atoms with Gasteiger partial charge in [0.2, 0.25) is 0 Å². The van der Waals surface area contributed by atoms with Crippen LogP contribution in [-0.2, 0) is 6.18 Å². The molecule has 0 saturated heterocycles. The molecule has 27 heavy (non-hydrogen) atoms. The van der Waals surface area contributed by atoms with Crippen molar-refractivity contribution in [2.45, 2.75) is 13.1 Å². The maximum absolute atomic E-state index is 12.8. The van der Waals surface area contributed by atoms with Gasteiger partial charge in [-0.15, -0.1) is 0 Å². The first-order chi connectivity index (χ1) is 12.8. The van der Waals surface area contributed by atoms with Crippen molar-refractivity contribution >= 4 is 11.6 Å². The lowest BCUT2D eigenvalue weighted by Crippen LogP contribution is -2.13. The van der Waals surface area contributed by atoms with Crippen molar-refractivity contribution < 1.29 is 22.7 Å². The number of hydrogen-bond acceptors (Lipinski definition) is 2. The Hall–Kier alpha value is -3.28. The van der Waals surface area contributed by atoms with E-state index in [4.69, 9.17) is 4.74 Å². The number of nitrogens with one attached hydrogen (secondary N) is 1. The highest BCUT2D eigenvalue weighted by Crippen LogP contribution is 2.30. The van der Waals surface area contributed by atoms with Gasteiger partial charge in [-0.2, -0.15) is 13.2 Å². The summed E-state index contributed by atoms with van der Waals surface area (Å²) in [4.78, 5) is 12.2. The van der Waals surface area contributed by atoms with Crippen LogP contribution in [0.2, 0.25) is 0 Å². The molecule has 0 aliphatic heterocycles. The van der Waals surface area contributed by atoms with Gasteiger partial charge in [0.05, 0.1) is 5.56 Å². The number of aryl methyl sites for hydroxylation is 1. The van der Waals surface area contributed by atoms with Gasteiger partial charge in [0.1, 0.15) is 11.5 Å². The molecule has 3 aromatic rings. The van der Waals surface area contributed by atoms with Crippen molar-refractivity contribution in [3.05, 3.63) is 89.5 Å². The van der Waals surface area contributed by atoms with Crippen molar-refractivity contribution in [2.75, 3.05) is 5.32 Å². The summed E-state index contributed by atoms with van der Waals surface area (Å²) in [5, 5.41) is 2.58. The van der Waals surface area contributed by atoms with Crippen LogP contribution in [0.5, 0.6) is 11.5 Å². The van der Waals surface area contributed by atoms with Crippen molar-refractivity contribution in [1.82, 2.24) is 0 Å². The Bertz CT molecular complexity index is 950. The standard InChI is InChI=1S/C21H16F3NO2/c1-14-4-2-7-19(12-14)27-18-10-8-17(9-11-18)25-20(26)15-5-3-6-16(13-15)21(22,23)24/h2-13H,1H3,(H,25,26). The second-order valence-corrected chi connectivity index (χ2v) is 5.98. The first-order valence-corrected chi connectivity index (χ1v) is 8.14. The van der Waals surface area contributed by atoms with Gasteiger partial charge >= 0.3 is 6.18 Å². The fourth-order valence-corrected chi connectivity index (χ4v) is 2.46. The van der Waals surface area contributed by atoms with Gasteiger partial charge in [-0.3, -0.25) is 4.79 Å². The van der Waals surface area contributed by atoms with E-state index in [9.17, 15) is 18.0 Å². The predicted octanol–water partition coefficient (Wildman–Crippen LogP) is 6.06. The summed E-state index contributed by atoms with van der Waals surface area (Å²) in [5.74, 6) is 0.655. The van der Waals surface area contributed by atoms with Crippen LogP contribution in [0.1, 0.15) is 21.5 Å². The summed E-state index contributed by atoms with van der Waals surface area (Å²) in [6.07, 6.45) is -4.49. The average Bonchev–Trinajstić information content (AvgIpc) is 2.63. The van der Waals surface area contributed by atoms with Gasteiger partial charge in [-0.1, -0.05) is 18.2 Å². The Morgan fingerprint density at radius 1 is 0.889 bits per heavy atom. The van der Waals surface area contributed by atoms with Crippen LogP contribution >= 0.6 is 0 Å². The number of carbonyl (C=O) groups is 1. The molecular weight excluding hydrogens is 355 g/mol. The minimum atomic E-state index is -4.49. The van der Waals surface area contributed by atoms with E-state index in [0.717, 1.165) is 17.7 Å². The van der Waals surface area contributed by atoms with Crippen molar-refractivity contribution in [3.63, 3.8) is 0 Å². The Morgan fingerprint density at radius 2 is 1.59 bits per heavy atom. The molecule has 0 spiro atoms. The van der Waals surface area contributed by atoms with E-state index in [0.29, 0.717) is 17.2 Å². The van der Waals surface area contributed by atoms with Gasteiger partial charge in [0.15, 0.2) is 0 Å². The largest absolute Gasteiger partial charge is 0.457 e. The Morgan fingerprint density at radius 3 is 2.26 bits per heavy atom. The smallest absolute Gasteiger partial charge is 0.416 e. The van der Waals surface area contributed by atoms with Crippen LogP contribution in [0.4, 0.5) is 18.9 Å². The van der Waals surface area contributed by atoms with Gasteiger partial charge in [-0.05, 0) is 67.1 Å². The second-order valence-electron chi connectivity index (χ2n) is 5.98. The molecule has 1 N–H and O–H groups in total. The monoisotopic (exact) mass is 371 g/mol. The maximum atomic E-state index is 12.8. The highest BCUT2D eigenvalue weighted by Gasteiger charge is 2.30. The summed E-state index contributed by atoms with van der Waals surface area (Å²) in [7, 11) is 0. The predicted molar refractivity (Wildman–Crippen MR) is 97.1 cm³/mol. The molecule has 0 saturated carbocycles. The Kier molecular flexibility index (Phi) is 5.16. The highest BCUT2D eigenvalue weighted by atomic mass is 19.4. The quantitative estimate of drug-likeness (QED) is 0.605. The lowest BCUT2D eigenvalue weighted by Gasteiger charge is -2.10. The molecule has 6 heteroatoms. The van der Waals surface area contributed by atoms with E-state index in [1.54, 1.807) is 24.3 Å². The molecule has 3 rings (SSSR count). The van der Waals surface area contributed by atoms with E-state index in [1.165, 1.54) is 12.1 Å². The fourth-order valence-electron chi connectivity index (χ4n) is 2.46. The third kappa shape index (κ3) is 4.88. The molecule has 3 nitrogen and oxygen atoms in total. The third-order valence-electron chi connectivity index (χ3n) is 3.79. The minimum Gasteiger partial charge on any atom is -0.457 e. The molecule has 0 aromatic heterocycles. The molecule has 3 aromatic carbocycles. The number of carbonyl (C=O) groups excluding carboxylic acids is 1. The van der Waals surface area contributed by atoms with Crippen molar-refractivity contribution in [1.29, 1.82) is 0 Å². The van der Waals surface area contributed by atoms with Gasteiger partial charge < -0.3 is 10.1 Å². The number of halogens is 3. The summed E-state index contributed by atoms with van der Waals surface area (Å²) in [6.45, 7) is 1.96. The van der Waals surface area contributed by atoms with Crippen molar-refractivity contribution in [3.8, 4) is 11.5 Å². The molecule has 0 heterocycles. The lowest BCUT2D eigenvalue weighted by molar-refractivity contribution is -0.137. The van der Waals surface area contributed by atoms with E-state index in [-0.39, 0.29) is 5.56 Å². The van der Waals surface area contributed by atoms with E-state index >= 15 is 0 Å². The molecule has 0 bridgehead atoms. The van der Waals surface area contributed by atoms with Gasteiger partial charge in [0.25, 0.3) is 5.91 Å². The second kappa shape index (κ2) is 7.53. The summed E-state index contributed by atoms with van der Waals surface area (Å²) in [5.41, 5.74) is 0.591. The van der Waals surface area contributed by atoms with Crippen LogP contribution in [-0.4, -0.2) is 5.91 Å². The minimum absolute atomic E-state index is 0.0649. The molecule has 0 atom stereocenters. The molecule has 0 aliphatic carbocycles. The molecule has 0 radical (unpaired) electrons. The Labute approximate surface area is 154 Å². The van der Waals surface area contributed by atoms with Crippen LogP contribution < -0.4 is 10.1 Å². The first-order valence-electron chi connectivity index (χ1n) is 8.14. The normalized spacial score (nSPS) is 11.1. The zero-order chi connectivity index (χ0) is 19.4. The average molecular weight is 371 g/mol. The highest BCUT2D eigenvalue weighted by molar-refractivity contribution is 6.04. The molecule has 0 aliphatic rings. The summed E-state index contributed by atoms with van der Waals surface area (Å²) < 4.78 is 44.0. The van der Waals surface area contributed by atoms with E-state index in [1.807, 2.05) is 31.2 Å². The van der Waals surface area contributed by atoms with E-state index in [2.05, 4.69) is 5.32 Å². The SMILES string of the molecule is Cc1cccc(Oc2ccc(NC(=O)c3cccc(C(F)(F)F)c3)cc2)c1. The van der Waals surface area contributed by atoms with Crippen molar-refractivity contribution in [2.24, 2.45) is 0 Å². The molecule has 1 amide bonds. The number of rotatable bonds is 4. The van der Waals surface area contributed by atoms with Gasteiger partial charge in [0, 0.05) is 11.3 Å². The van der Waals surface area contributed by atoms with Gasteiger partial charge in [-0.25, -0.2) is 0 Å². The molecule has 0 unspecified atom stereocenters. The van der Waals surface area contributed by atoms with E-state index < -0.39 is 17.6 Å². The zero-order valence-corrected chi connectivity index (χ0v) is 14.4. The van der Waals surface area contributed by atoms with Crippen LogP contribution in [0, 0.1) is 6.92 Å². The maximum Gasteiger partial charge on any atom is 0.416 e.